The number of thiophene rings is 1. The van der Waals surface area contributed by atoms with Gasteiger partial charge >= 0.3 is 0 Å². The summed E-state index contributed by atoms with van der Waals surface area (Å²) < 4.78 is 56.6. The minimum atomic E-state index is -4.19. The van der Waals surface area contributed by atoms with Gasteiger partial charge in [-0.15, -0.1) is 11.3 Å². The molecule has 0 radical (unpaired) electrons. The van der Waals surface area contributed by atoms with E-state index in [1.165, 1.54) is 12.1 Å². The molecule has 1 saturated heterocycles. The Morgan fingerprint density at radius 1 is 0.861 bits per heavy atom. The van der Waals surface area contributed by atoms with Crippen molar-refractivity contribution in [2.45, 2.75) is 53.0 Å². The SMILES string of the molecule is NC1CCC(NC(=O)C2N(S(=O)(=O)c3ccc4ccccc4c3)CCN2S(=O)(=O)c2cccs2)CC1. The van der Waals surface area contributed by atoms with Gasteiger partial charge in [0.15, 0.2) is 6.17 Å². The van der Waals surface area contributed by atoms with Crippen molar-refractivity contribution < 1.29 is 21.6 Å². The van der Waals surface area contributed by atoms with Crippen LogP contribution < -0.4 is 11.1 Å². The number of sulfonamides is 2. The van der Waals surface area contributed by atoms with E-state index in [0.29, 0.717) is 12.8 Å². The van der Waals surface area contributed by atoms with Crippen LogP contribution in [0.5, 0.6) is 0 Å². The zero-order valence-electron chi connectivity index (χ0n) is 19.5. The fourth-order valence-corrected chi connectivity index (χ4v) is 9.18. The highest BCUT2D eigenvalue weighted by Crippen LogP contribution is 2.32. The summed E-state index contributed by atoms with van der Waals surface area (Å²) in [6, 6.07) is 15.1. The van der Waals surface area contributed by atoms with Crippen molar-refractivity contribution in [3.05, 3.63) is 60.0 Å². The first-order valence-corrected chi connectivity index (χ1v) is 15.6. The number of hydrogen-bond acceptors (Lipinski definition) is 7. The monoisotopic (exact) mass is 548 g/mol. The lowest BCUT2D eigenvalue weighted by atomic mass is 9.92. The molecule has 1 aliphatic heterocycles. The molecular formula is C24H28N4O5S3. The Hall–Kier alpha value is -2.35. The fraction of sp³-hybridized carbons (Fsp3) is 0.375. The highest BCUT2D eigenvalue weighted by Gasteiger charge is 2.50. The first-order valence-electron chi connectivity index (χ1n) is 11.8. The number of carbonyl (C=O) groups is 1. The Balaban J connectivity index is 1.51. The second-order valence-electron chi connectivity index (χ2n) is 9.17. The van der Waals surface area contributed by atoms with Crippen molar-refractivity contribution >= 4 is 48.1 Å². The molecule has 12 heteroatoms. The number of fused-ring (bicyclic) bond motifs is 1. The summed E-state index contributed by atoms with van der Waals surface area (Å²) in [5.41, 5.74) is 5.98. The van der Waals surface area contributed by atoms with E-state index in [4.69, 9.17) is 5.73 Å². The summed E-state index contributed by atoms with van der Waals surface area (Å²) in [4.78, 5) is 13.6. The number of hydrogen-bond donors (Lipinski definition) is 2. The van der Waals surface area contributed by atoms with E-state index < -0.39 is 32.1 Å². The minimum Gasteiger partial charge on any atom is -0.351 e. The first-order chi connectivity index (χ1) is 17.2. The predicted octanol–water partition coefficient (Wildman–Crippen LogP) is 2.31. The van der Waals surface area contributed by atoms with E-state index in [1.54, 1.807) is 23.6 Å². The standard InChI is InChI=1S/C24H28N4O5S3/c25-19-8-10-20(11-9-19)26-23(29)24-27(13-14-28(24)36(32,33)22-6-3-15-34-22)35(30,31)21-12-7-17-4-1-2-5-18(17)16-21/h1-7,12,15-16,19-20,24H,8-11,13-14,25H2,(H,26,29). The van der Waals surface area contributed by atoms with Gasteiger partial charge < -0.3 is 11.1 Å². The van der Waals surface area contributed by atoms with Gasteiger partial charge in [0.05, 0.1) is 4.90 Å². The van der Waals surface area contributed by atoms with Gasteiger partial charge in [-0.1, -0.05) is 36.4 Å². The third kappa shape index (κ3) is 4.69. The van der Waals surface area contributed by atoms with Gasteiger partial charge in [-0.3, -0.25) is 4.79 Å². The molecule has 36 heavy (non-hydrogen) atoms. The van der Waals surface area contributed by atoms with Gasteiger partial charge in [-0.25, -0.2) is 16.8 Å². The van der Waals surface area contributed by atoms with Crippen LogP contribution in [0.1, 0.15) is 25.7 Å². The zero-order chi connectivity index (χ0) is 25.5. The number of nitrogens with zero attached hydrogens (tertiary/aromatic N) is 2. The molecule has 2 aliphatic rings. The molecule has 1 atom stereocenters. The van der Waals surface area contributed by atoms with Crippen molar-refractivity contribution in [2.75, 3.05) is 13.1 Å². The molecule has 1 amide bonds. The molecule has 3 aromatic rings. The molecule has 0 spiro atoms. The zero-order valence-corrected chi connectivity index (χ0v) is 21.9. The van der Waals surface area contributed by atoms with Crippen LogP contribution in [-0.2, 0) is 24.8 Å². The maximum absolute atomic E-state index is 13.8. The molecule has 2 fully saturated rings. The lowest BCUT2D eigenvalue weighted by Crippen LogP contribution is -2.55. The number of carbonyl (C=O) groups excluding carboxylic acids is 1. The molecule has 1 aliphatic carbocycles. The Morgan fingerprint density at radius 3 is 2.19 bits per heavy atom. The summed E-state index contributed by atoms with van der Waals surface area (Å²) in [5.74, 6) is -0.641. The summed E-state index contributed by atoms with van der Waals surface area (Å²) in [5, 5.41) is 6.16. The average Bonchev–Trinajstić information content (AvgIpc) is 3.57. The van der Waals surface area contributed by atoms with Gasteiger partial charge in [0, 0.05) is 25.2 Å². The highest BCUT2D eigenvalue weighted by molar-refractivity contribution is 7.91. The lowest BCUT2D eigenvalue weighted by molar-refractivity contribution is -0.127. The minimum absolute atomic E-state index is 0.0120. The van der Waals surface area contributed by atoms with E-state index in [2.05, 4.69) is 5.32 Å². The molecule has 2 aromatic carbocycles. The van der Waals surface area contributed by atoms with Gasteiger partial charge in [-0.2, -0.15) is 8.61 Å². The summed E-state index contributed by atoms with van der Waals surface area (Å²) >= 11 is 1.03. The van der Waals surface area contributed by atoms with Crippen molar-refractivity contribution in [3.63, 3.8) is 0 Å². The third-order valence-corrected chi connectivity index (χ3v) is 11.9. The van der Waals surface area contributed by atoms with Crippen LogP contribution in [0.15, 0.2) is 69.1 Å². The molecule has 3 N–H and O–H groups in total. The van der Waals surface area contributed by atoms with E-state index in [9.17, 15) is 21.6 Å². The Morgan fingerprint density at radius 2 is 1.53 bits per heavy atom. The van der Waals surface area contributed by atoms with Crippen molar-refractivity contribution in [3.8, 4) is 0 Å². The van der Waals surface area contributed by atoms with E-state index in [1.807, 2.05) is 24.3 Å². The first kappa shape index (κ1) is 25.3. The number of benzene rings is 2. The quantitative estimate of drug-likeness (QED) is 0.486. The number of nitrogens with two attached hydrogens (primary N) is 1. The van der Waals surface area contributed by atoms with Crippen LogP contribution in [0.3, 0.4) is 0 Å². The van der Waals surface area contributed by atoms with Crippen molar-refractivity contribution in [1.82, 2.24) is 13.9 Å². The maximum Gasteiger partial charge on any atom is 0.254 e. The Bertz CT molecular complexity index is 1470. The van der Waals surface area contributed by atoms with Crippen LogP contribution in [0.4, 0.5) is 0 Å². The molecule has 1 unspecified atom stereocenters. The fourth-order valence-electron chi connectivity index (χ4n) is 4.88. The van der Waals surface area contributed by atoms with Crippen LogP contribution in [0.25, 0.3) is 10.8 Å². The molecular weight excluding hydrogens is 520 g/mol. The Labute approximate surface area is 215 Å². The molecule has 1 saturated carbocycles. The van der Waals surface area contributed by atoms with Crippen LogP contribution in [0.2, 0.25) is 0 Å². The second-order valence-corrected chi connectivity index (χ2v) is 14.1. The van der Waals surface area contributed by atoms with E-state index >= 15 is 0 Å². The molecule has 9 nitrogen and oxygen atoms in total. The number of amides is 1. The highest BCUT2D eigenvalue weighted by atomic mass is 32.2. The molecule has 1 aromatic heterocycles. The lowest BCUT2D eigenvalue weighted by Gasteiger charge is -2.32. The smallest absolute Gasteiger partial charge is 0.254 e. The average molecular weight is 549 g/mol. The predicted molar refractivity (Wildman–Crippen MR) is 138 cm³/mol. The van der Waals surface area contributed by atoms with Crippen molar-refractivity contribution in [2.24, 2.45) is 5.73 Å². The number of rotatable bonds is 6. The molecule has 5 rings (SSSR count). The third-order valence-electron chi connectivity index (χ3n) is 6.82. The van der Waals surface area contributed by atoms with Gasteiger partial charge in [0.25, 0.3) is 15.9 Å². The van der Waals surface area contributed by atoms with E-state index in [-0.39, 0.29) is 34.3 Å². The normalized spacial score (nSPS) is 24.2. The Kier molecular flexibility index (Phi) is 6.92. The number of nitrogens with one attached hydrogen (secondary N) is 1. The topological polar surface area (TPSA) is 130 Å². The van der Waals surface area contributed by atoms with Gasteiger partial charge in [0.1, 0.15) is 4.21 Å². The van der Waals surface area contributed by atoms with Gasteiger partial charge in [-0.05, 0) is 60.0 Å². The van der Waals surface area contributed by atoms with Gasteiger partial charge in [0.2, 0.25) is 10.0 Å². The maximum atomic E-state index is 13.8. The van der Waals surface area contributed by atoms with Crippen LogP contribution in [0, 0.1) is 0 Å². The second kappa shape index (κ2) is 9.84. The summed E-state index contributed by atoms with van der Waals surface area (Å²) in [7, 11) is -8.27. The molecule has 0 bridgehead atoms. The van der Waals surface area contributed by atoms with Crippen molar-refractivity contribution in [1.29, 1.82) is 0 Å². The van der Waals surface area contributed by atoms with Crippen LogP contribution >= 0.6 is 11.3 Å². The largest absolute Gasteiger partial charge is 0.351 e. The van der Waals surface area contributed by atoms with Crippen LogP contribution in [-0.4, -0.2) is 62.7 Å². The van der Waals surface area contributed by atoms with E-state index in [0.717, 1.165) is 43.6 Å². The summed E-state index contributed by atoms with van der Waals surface area (Å²) in [6.45, 7) is -0.256. The molecule has 2 heterocycles. The molecule has 192 valence electrons. The summed E-state index contributed by atoms with van der Waals surface area (Å²) in [6.07, 6.45) is 1.28.